The van der Waals surface area contributed by atoms with Gasteiger partial charge in [-0.1, -0.05) is 36.4 Å². The van der Waals surface area contributed by atoms with Crippen LogP contribution in [0.25, 0.3) is 0 Å². The maximum Gasteiger partial charge on any atom is 0.335 e. The molecule has 15 heavy (non-hydrogen) atoms. The lowest BCUT2D eigenvalue weighted by Crippen LogP contribution is -2.28. The molecule has 0 radical (unpaired) electrons. The van der Waals surface area contributed by atoms with E-state index in [9.17, 15) is 9.90 Å². The maximum absolute atomic E-state index is 11.2. The number of methoxy groups -OCH3 is 1. The largest absolute Gasteiger partial charge is 0.467 e. The molecule has 0 heterocycles. The summed E-state index contributed by atoms with van der Waals surface area (Å²) < 4.78 is 4.48. The van der Waals surface area contributed by atoms with E-state index in [1.54, 1.807) is 0 Å². The third-order valence-electron chi connectivity index (χ3n) is 2.22. The Morgan fingerprint density at radius 3 is 2.53 bits per heavy atom. The highest BCUT2D eigenvalue weighted by Crippen LogP contribution is 2.21. The highest BCUT2D eigenvalue weighted by Gasteiger charge is 2.25. The summed E-state index contributed by atoms with van der Waals surface area (Å²) in [4.78, 5) is 11.2. The number of hydrogen-bond acceptors (Lipinski definition) is 3. The lowest BCUT2D eigenvalue weighted by atomic mass is 9.93. The molecule has 0 bridgehead atoms. The number of aliphatic hydroxyl groups is 1. The Balaban J connectivity index is 2.89. The van der Waals surface area contributed by atoms with Crippen molar-refractivity contribution < 1.29 is 14.6 Å². The van der Waals surface area contributed by atoms with Crippen molar-refractivity contribution in [1.29, 1.82) is 0 Å². The molecule has 3 heteroatoms. The van der Waals surface area contributed by atoms with Crippen LogP contribution in [0.15, 0.2) is 43.0 Å². The zero-order valence-electron chi connectivity index (χ0n) is 8.59. The molecule has 1 aromatic carbocycles. The zero-order valence-corrected chi connectivity index (χ0v) is 8.59. The van der Waals surface area contributed by atoms with E-state index < -0.39 is 18.0 Å². The summed E-state index contributed by atoms with van der Waals surface area (Å²) in [6, 6.07) is 9.22. The Labute approximate surface area is 89.0 Å². The van der Waals surface area contributed by atoms with E-state index in [1.165, 1.54) is 13.2 Å². The van der Waals surface area contributed by atoms with Crippen molar-refractivity contribution in [3.63, 3.8) is 0 Å². The van der Waals surface area contributed by atoms with Crippen molar-refractivity contribution in [3.8, 4) is 0 Å². The van der Waals surface area contributed by atoms with E-state index in [-0.39, 0.29) is 0 Å². The fraction of sp³-hybridized carbons (Fsp3) is 0.250. The van der Waals surface area contributed by atoms with Gasteiger partial charge in [-0.25, -0.2) is 4.79 Å². The molecule has 0 fully saturated rings. The van der Waals surface area contributed by atoms with Crippen LogP contribution in [-0.4, -0.2) is 24.3 Å². The van der Waals surface area contributed by atoms with Crippen LogP contribution in [0.5, 0.6) is 0 Å². The molecule has 3 nitrogen and oxygen atoms in total. The van der Waals surface area contributed by atoms with E-state index in [4.69, 9.17) is 0 Å². The predicted octanol–water partition coefficient (Wildman–Crippen LogP) is 1.49. The maximum atomic E-state index is 11.2. The number of rotatable bonds is 4. The Bertz CT molecular complexity index is 332. The fourth-order valence-corrected chi connectivity index (χ4v) is 1.39. The molecule has 0 aliphatic rings. The highest BCUT2D eigenvalue weighted by atomic mass is 16.5. The molecule has 0 saturated carbocycles. The summed E-state index contributed by atoms with van der Waals surface area (Å²) in [6.07, 6.45) is 0.339. The van der Waals surface area contributed by atoms with Gasteiger partial charge in [0.15, 0.2) is 6.10 Å². The average molecular weight is 206 g/mol. The van der Waals surface area contributed by atoms with Crippen molar-refractivity contribution in [2.24, 2.45) is 0 Å². The van der Waals surface area contributed by atoms with Gasteiger partial charge < -0.3 is 9.84 Å². The van der Waals surface area contributed by atoms with E-state index in [0.717, 1.165) is 5.56 Å². The second-order valence-corrected chi connectivity index (χ2v) is 3.14. The first-order valence-electron chi connectivity index (χ1n) is 4.64. The Hall–Kier alpha value is -1.61. The summed E-state index contributed by atoms with van der Waals surface area (Å²) in [5.74, 6) is -1.08. The first-order chi connectivity index (χ1) is 7.20. The lowest BCUT2D eigenvalue weighted by molar-refractivity contribution is -0.150. The molecular weight excluding hydrogens is 192 g/mol. The van der Waals surface area contributed by atoms with E-state index in [2.05, 4.69) is 11.3 Å². The topological polar surface area (TPSA) is 46.5 Å². The summed E-state index contributed by atoms with van der Waals surface area (Å²) in [5, 5.41) is 9.69. The minimum Gasteiger partial charge on any atom is -0.467 e. The molecule has 1 N–H and O–H groups in total. The van der Waals surface area contributed by atoms with Crippen LogP contribution < -0.4 is 0 Å². The number of carbonyl (C=O) groups excluding carboxylic acids is 1. The number of aliphatic hydroxyl groups excluding tert-OH is 1. The molecule has 1 rings (SSSR count). The van der Waals surface area contributed by atoms with Gasteiger partial charge in [-0.3, -0.25) is 0 Å². The third-order valence-corrected chi connectivity index (χ3v) is 2.22. The Morgan fingerprint density at radius 2 is 2.07 bits per heavy atom. The van der Waals surface area contributed by atoms with Crippen LogP contribution in [0.1, 0.15) is 11.5 Å². The number of carbonyl (C=O) groups is 1. The van der Waals surface area contributed by atoms with Gasteiger partial charge in [-0.05, 0) is 5.56 Å². The third kappa shape index (κ3) is 2.67. The minimum absolute atomic E-state index is 0.432. The standard InChI is InChI=1S/C12H14O3/c1-3-10(11(13)12(14)15-2)9-7-5-4-6-8-9/h3-8,10-11,13H,1H2,2H3/t10-,11+/m1/s1. The molecule has 0 spiro atoms. The van der Waals surface area contributed by atoms with Gasteiger partial charge in [-0.15, -0.1) is 6.58 Å². The van der Waals surface area contributed by atoms with Crippen molar-refractivity contribution >= 4 is 5.97 Å². The van der Waals surface area contributed by atoms with Crippen LogP contribution >= 0.6 is 0 Å². The second-order valence-electron chi connectivity index (χ2n) is 3.14. The molecular formula is C12H14O3. The van der Waals surface area contributed by atoms with Crippen LogP contribution in [-0.2, 0) is 9.53 Å². The highest BCUT2D eigenvalue weighted by molar-refractivity contribution is 5.76. The first kappa shape index (κ1) is 11.5. The van der Waals surface area contributed by atoms with E-state index in [1.807, 2.05) is 30.3 Å². The van der Waals surface area contributed by atoms with Gasteiger partial charge in [0.1, 0.15) is 0 Å². The number of hydrogen-bond donors (Lipinski definition) is 1. The normalized spacial score (nSPS) is 14.0. The fourth-order valence-electron chi connectivity index (χ4n) is 1.39. The van der Waals surface area contributed by atoms with Gasteiger partial charge in [-0.2, -0.15) is 0 Å². The average Bonchev–Trinajstić information content (AvgIpc) is 2.30. The molecule has 80 valence electrons. The van der Waals surface area contributed by atoms with Gasteiger partial charge in [0, 0.05) is 5.92 Å². The minimum atomic E-state index is -1.20. The van der Waals surface area contributed by atoms with Crippen LogP contribution in [0.3, 0.4) is 0 Å². The summed E-state index contributed by atoms with van der Waals surface area (Å²) in [6.45, 7) is 3.61. The van der Waals surface area contributed by atoms with Crippen molar-refractivity contribution in [1.82, 2.24) is 0 Å². The van der Waals surface area contributed by atoms with Gasteiger partial charge >= 0.3 is 5.97 Å². The molecule has 0 unspecified atom stereocenters. The van der Waals surface area contributed by atoms with Crippen molar-refractivity contribution in [2.75, 3.05) is 7.11 Å². The van der Waals surface area contributed by atoms with Gasteiger partial charge in [0.25, 0.3) is 0 Å². The molecule has 0 amide bonds. The second kappa shape index (κ2) is 5.32. The van der Waals surface area contributed by atoms with Gasteiger partial charge in [0.2, 0.25) is 0 Å². The van der Waals surface area contributed by atoms with Crippen LogP contribution in [0.2, 0.25) is 0 Å². The summed E-state index contributed by atoms with van der Waals surface area (Å²) in [5.41, 5.74) is 0.838. The summed E-state index contributed by atoms with van der Waals surface area (Å²) >= 11 is 0. The summed E-state index contributed by atoms with van der Waals surface area (Å²) in [7, 11) is 1.25. The van der Waals surface area contributed by atoms with Crippen LogP contribution in [0, 0.1) is 0 Å². The van der Waals surface area contributed by atoms with Crippen LogP contribution in [0.4, 0.5) is 0 Å². The van der Waals surface area contributed by atoms with Crippen molar-refractivity contribution in [2.45, 2.75) is 12.0 Å². The number of benzene rings is 1. The molecule has 0 aliphatic heterocycles. The molecule has 2 atom stereocenters. The first-order valence-corrected chi connectivity index (χ1v) is 4.64. The monoisotopic (exact) mass is 206 g/mol. The molecule has 0 aliphatic carbocycles. The Morgan fingerprint density at radius 1 is 1.47 bits per heavy atom. The van der Waals surface area contributed by atoms with E-state index in [0.29, 0.717) is 0 Å². The zero-order chi connectivity index (χ0) is 11.3. The SMILES string of the molecule is C=C[C@H](c1ccccc1)[C@H](O)C(=O)OC. The van der Waals surface area contributed by atoms with Gasteiger partial charge in [0.05, 0.1) is 7.11 Å². The smallest absolute Gasteiger partial charge is 0.335 e. The quantitative estimate of drug-likeness (QED) is 0.599. The molecule has 1 aromatic rings. The lowest BCUT2D eigenvalue weighted by Gasteiger charge is -2.17. The number of ether oxygens (including phenoxy) is 1. The Kier molecular flexibility index (Phi) is 4.06. The number of esters is 1. The molecule has 0 aromatic heterocycles. The predicted molar refractivity (Wildman–Crippen MR) is 57.4 cm³/mol. The van der Waals surface area contributed by atoms with Crippen molar-refractivity contribution in [3.05, 3.63) is 48.6 Å². The van der Waals surface area contributed by atoms with E-state index >= 15 is 0 Å². The molecule has 0 saturated heterocycles.